The van der Waals surface area contributed by atoms with Gasteiger partial charge in [-0.05, 0) is 41.5 Å². The maximum atomic E-state index is 13.5. The topological polar surface area (TPSA) is 112 Å². The van der Waals surface area contributed by atoms with Crippen LogP contribution < -0.4 is 5.32 Å². The predicted molar refractivity (Wildman–Crippen MR) is 142 cm³/mol. The number of nitrogens with zero attached hydrogens (tertiary/aromatic N) is 4. The number of carbonyl (C=O) groups is 1. The van der Waals surface area contributed by atoms with Gasteiger partial charge in [-0.1, -0.05) is 32.0 Å². The first-order chi connectivity index (χ1) is 17.9. The van der Waals surface area contributed by atoms with Crippen LogP contribution in [0.3, 0.4) is 0 Å². The highest BCUT2D eigenvalue weighted by Crippen LogP contribution is 2.35. The number of allylic oxidation sites excluding steroid dienone is 1. The highest BCUT2D eigenvalue weighted by molar-refractivity contribution is 5.97. The van der Waals surface area contributed by atoms with Crippen LogP contribution in [0.4, 0.5) is 4.39 Å². The van der Waals surface area contributed by atoms with Crippen molar-refractivity contribution in [3.8, 4) is 22.6 Å². The number of pyridine rings is 1. The molecule has 184 valence electrons. The van der Waals surface area contributed by atoms with Gasteiger partial charge in [0.2, 0.25) is 5.91 Å². The van der Waals surface area contributed by atoms with Gasteiger partial charge in [-0.25, -0.2) is 9.37 Å². The molecule has 1 aliphatic heterocycles. The number of imidazole rings is 1. The normalized spacial score (nSPS) is 17.3. The van der Waals surface area contributed by atoms with Gasteiger partial charge in [-0.2, -0.15) is 5.10 Å². The molecule has 1 amide bonds. The SMILES string of the molecule is CCC(=O)NC1=CC(C)(c2ccc3[nH]nc(-c4nc5c(-c6ccc(F)cc6)cncc5[nH]4)c3c2)CN=C1. The van der Waals surface area contributed by atoms with Crippen molar-refractivity contribution >= 4 is 34.1 Å². The first kappa shape index (κ1) is 22.8. The molecule has 0 aliphatic carbocycles. The molecule has 9 heteroatoms. The highest BCUT2D eigenvalue weighted by Gasteiger charge is 2.28. The van der Waals surface area contributed by atoms with Crippen LogP contribution >= 0.6 is 0 Å². The lowest BCUT2D eigenvalue weighted by atomic mass is 9.80. The Labute approximate surface area is 211 Å². The molecule has 3 aromatic heterocycles. The van der Waals surface area contributed by atoms with Crippen LogP contribution in [0.5, 0.6) is 0 Å². The molecule has 0 saturated heterocycles. The van der Waals surface area contributed by atoms with Crippen LogP contribution in [0.2, 0.25) is 0 Å². The molecule has 0 fully saturated rings. The smallest absolute Gasteiger partial charge is 0.224 e. The fourth-order valence-electron chi connectivity index (χ4n) is 4.69. The van der Waals surface area contributed by atoms with Gasteiger partial charge in [0, 0.05) is 35.2 Å². The summed E-state index contributed by atoms with van der Waals surface area (Å²) in [6.45, 7) is 4.49. The summed E-state index contributed by atoms with van der Waals surface area (Å²) >= 11 is 0. The number of fused-ring (bicyclic) bond motifs is 2. The molecule has 1 unspecified atom stereocenters. The van der Waals surface area contributed by atoms with Crippen molar-refractivity contribution in [2.24, 2.45) is 4.99 Å². The average molecular weight is 494 g/mol. The molecule has 4 heterocycles. The maximum Gasteiger partial charge on any atom is 0.224 e. The molecule has 3 N–H and O–H groups in total. The second-order valence-electron chi connectivity index (χ2n) is 9.40. The molecule has 6 rings (SSSR count). The standard InChI is InChI=1S/C28H24FN7O/c1-3-24(37)32-19-11-28(2,15-31-12-19)17-6-9-22-20(10-17)26(36-35-22)27-33-23-14-30-13-21(25(23)34-27)16-4-7-18(29)8-5-16/h4-14H,3,15H2,1-2H3,(H,32,37)(H,33,34)(H,35,36). The van der Waals surface area contributed by atoms with Crippen LogP contribution in [0.15, 0.2) is 71.6 Å². The summed E-state index contributed by atoms with van der Waals surface area (Å²) in [5.41, 5.74) is 6.04. The molecule has 0 bridgehead atoms. The molecule has 0 radical (unpaired) electrons. The van der Waals surface area contributed by atoms with Crippen molar-refractivity contribution in [3.63, 3.8) is 0 Å². The minimum absolute atomic E-state index is 0.0473. The van der Waals surface area contributed by atoms with Gasteiger partial charge in [0.05, 0.1) is 35.0 Å². The summed E-state index contributed by atoms with van der Waals surface area (Å²) < 4.78 is 13.5. The summed E-state index contributed by atoms with van der Waals surface area (Å²) in [4.78, 5) is 29.0. The van der Waals surface area contributed by atoms with E-state index in [1.807, 2.05) is 13.0 Å². The summed E-state index contributed by atoms with van der Waals surface area (Å²) in [6, 6.07) is 12.4. The first-order valence-electron chi connectivity index (χ1n) is 12.0. The summed E-state index contributed by atoms with van der Waals surface area (Å²) in [6.07, 6.45) is 7.61. The van der Waals surface area contributed by atoms with Crippen molar-refractivity contribution in [2.75, 3.05) is 6.54 Å². The van der Waals surface area contributed by atoms with E-state index in [0.717, 1.165) is 38.6 Å². The molecule has 8 nitrogen and oxygen atoms in total. The second-order valence-corrected chi connectivity index (χ2v) is 9.40. The Morgan fingerprint density at radius 1 is 1.14 bits per heavy atom. The van der Waals surface area contributed by atoms with Crippen molar-refractivity contribution in [2.45, 2.75) is 25.7 Å². The number of dihydropyridines is 1. The monoisotopic (exact) mass is 493 g/mol. The lowest BCUT2D eigenvalue weighted by Crippen LogP contribution is -2.32. The lowest BCUT2D eigenvalue weighted by Gasteiger charge is -2.28. The van der Waals surface area contributed by atoms with Crippen LogP contribution in [-0.4, -0.2) is 43.8 Å². The Morgan fingerprint density at radius 2 is 1.97 bits per heavy atom. The Kier molecular flexibility index (Phi) is 5.40. The number of amides is 1. The quantitative estimate of drug-likeness (QED) is 0.318. The van der Waals surface area contributed by atoms with Crippen LogP contribution in [0.25, 0.3) is 44.6 Å². The number of hydrogen-bond donors (Lipinski definition) is 3. The zero-order valence-electron chi connectivity index (χ0n) is 20.3. The Balaban J connectivity index is 1.42. The van der Waals surface area contributed by atoms with Gasteiger partial charge in [-0.15, -0.1) is 0 Å². The number of aromatic nitrogens is 5. The number of H-pyrrole nitrogens is 2. The van der Waals surface area contributed by atoms with Gasteiger partial charge in [0.15, 0.2) is 5.82 Å². The summed E-state index contributed by atoms with van der Waals surface area (Å²) in [5.74, 6) is 0.263. The van der Waals surface area contributed by atoms with E-state index in [2.05, 4.69) is 55.6 Å². The molecule has 37 heavy (non-hydrogen) atoms. The molecular formula is C28H24FN7O. The first-order valence-corrected chi connectivity index (χ1v) is 12.0. The summed E-state index contributed by atoms with van der Waals surface area (Å²) in [7, 11) is 0. The molecule has 5 aromatic rings. The Morgan fingerprint density at radius 3 is 2.78 bits per heavy atom. The number of aromatic amines is 2. The van der Waals surface area contributed by atoms with Gasteiger partial charge in [0.1, 0.15) is 11.5 Å². The molecule has 2 aromatic carbocycles. The van der Waals surface area contributed by atoms with E-state index in [1.165, 1.54) is 12.1 Å². The number of halogens is 1. The second kappa shape index (κ2) is 8.77. The number of aliphatic imine (C=N–C) groups is 1. The Bertz CT molecular complexity index is 1710. The van der Waals surface area contributed by atoms with E-state index in [1.54, 1.807) is 30.7 Å². The van der Waals surface area contributed by atoms with Crippen molar-refractivity contribution < 1.29 is 9.18 Å². The minimum atomic E-state index is -0.401. The van der Waals surface area contributed by atoms with Gasteiger partial charge in [-0.3, -0.25) is 19.9 Å². The highest BCUT2D eigenvalue weighted by atomic mass is 19.1. The van der Waals surface area contributed by atoms with Crippen LogP contribution in [-0.2, 0) is 10.2 Å². The molecule has 0 spiro atoms. The van der Waals surface area contributed by atoms with E-state index < -0.39 is 5.41 Å². The van der Waals surface area contributed by atoms with E-state index in [9.17, 15) is 9.18 Å². The predicted octanol–water partition coefficient (Wildman–Crippen LogP) is 5.06. The third-order valence-corrected chi connectivity index (χ3v) is 6.73. The Hall–Kier alpha value is -4.66. The third-order valence-electron chi connectivity index (χ3n) is 6.73. The maximum absolute atomic E-state index is 13.5. The van der Waals surface area contributed by atoms with Crippen molar-refractivity contribution in [1.82, 2.24) is 30.5 Å². The van der Waals surface area contributed by atoms with Gasteiger partial charge >= 0.3 is 0 Å². The molecule has 1 atom stereocenters. The van der Waals surface area contributed by atoms with Gasteiger partial charge in [0.25, 0.3) is 0 Å². The number of benzene rings is 2. The van der Waals surface area contributed by atoms with E-state index in [-0.39, 0.29) is 11.7 Å². The number of rotatable bonds is 5. The molecule has 0 saturated carbocycles. The minimum Gasteiger partial charge on any atom is -0.335 e. The summed E-state index contributed by atoms with van der Waals surface area (Å²) in [5, 5.41) is 11.5. The van der Waals surface area contributed by atoms with E-state index in [4.69, 9.17) is 4.98 Å². The fourth-order valence-corrected chi connectivity index (χ4v) is 4.69. The molecular weight excluding hydrogens is 469 g/mol. The zero-order valence-corrected chi connectivity index (χ0v) is 20.3. The van der Waals surface area contributed by atoms with E-state index in [0.29, 0.717) is 30.2 Å². The number of hydrogen-bond acceptors (Lipinski definition) is 5. The largest absolute Gasteiger partial charge is 0.335 e. The lowest BCUT2D eigenvalue weighted by molar-refractivity contribution is -0.119. The van der Waals surface area contributed by atoms with Crippen molar-refractivity contribution in [3.05, 3.63) is 78.0 Å². The average Bonchev–Trinajstić information content (AvgIpc) is 3.53. The van der Waals surface area contributed by atoms with Crippen LogP contribution in [0.1, 0.15) is 25.8 Å². The fraction of sp³-hybridized carbons (Fsp3) is 0.179. The van der Waals surface area contributed by atoms with Crippen molar-refractivity contribution in [1.29, 1.82) is 0 Å². The van der Waals surface area contributed by atoms with Gasteiger partial charge < -0.3 is 10.3 Å². The number of nitrogens with one attached hydrogen (secondary N) is 3. The number of carbonyl (C=O) groups excluding carboxylic acids is 1. The third kappa shape index (κ3) is 4.08. The zero-order chi connectivity index (χ0) is 25.6. The van der Waals surface area contributed by atoms with E-state index >= 15 is 0 Å². The van der Waals surface area contributed by atoms with Crippen LogP contribution in [0, 0.1) is 5.82 Å². The molecule has 1 aliphatic rings.